The van der Waals surface area contributed by atoms with E-state index < -0.39 is 17.7 Å². The zero-order chi connectivity index (χ0) is 19.1. The zero-order valence-electron chi connectivity index (χ0n) is 15.0. The van der Waals surface area contributed by atoms with Gasteiger partial charge in [0.2, 0.25) is 0 Å². The van der Waals surface area contributed by atoms with E-state index in [2.05, 4.69) is 15.6 Å². The van der Waals surface area contributed by atoms with Crippen LogP contribution < -0.4 is 15.4 Å². The number of nitrogens with one attached hydrogen (secondary N) is 2. The van der Waals surface area contributed by atoms with Crippen molar-refractivity contribution in [3.8, 4) is 11.5 Å². The van der Waals surface area contributed by atoms with Gasteiger partial charge < -0.3 is 20.5 Å². The lowest BCUT2D eigenvalue weighted by Crippen LogP contribution is -2.39. The Balaban J connectivity index is 2.16. The molecule has 1 unspecified atom stereocenters. The van der Waals surface area contributed by atoms with E-state index in [0.717, 1.165) is 6.07 Å². The minimum atomic E-state index is -0.619. The van der Waals surface area contributed by atoms with Crippen molar-refractivity contribution < 1.29 is 18.6 Å². The molecule has 3 N–H and O–H groups in total. The maximum absolute atomic E-state index is 13.9. The number of hydrogen-bond acceptors (Lipinski definition) is 3. The second-order valence-corrected chi connectivity index (χ2v) is 5.72. The minimum absolute atomic E-state index is 0.114. The molecule has 0 aliphatic rings. The lowest BCUT2D eigenvalue weighted by molar-refractivity contribution is 0.411. The molecule has 0 amide bonds. The number of nitrogens with zero attached hydrogens (tertiary/aromatic N) is 1. The van der Waals surface area contributed by atoms with Crippen molar-refractivity contribution in [1.29, 1.82) is 0 Å². The highest BCUT2D eigenvalue weighted by Gasteiger charge is 2.13. The van der Waals surface area contributed by atoms with E-state index in [9.17, 15) is 13.9 Å². The van der Waals surface area contributed by atoms with Crippen LogP contribution in [0.15, 0.2) is 41.4 Å². The largest absolute Gasteiger partial charge is 0.508 e. The van der Waals surface area contributed by atoms with E-state index in [1.54, 1.807) is 32.2 Å². The number of phenolic OH excluding ortho intramolecular Hbond substituents is 1. The first-order chi connectivity index (χ1) is 12.4. The van der Waals surface area contributed by atoms with Gasteiger partial charge in [0, 0.05) is 23.7 Å². The molecule has 0 spiro atoms. The van der Waals surface area contributed by atoms with Gasteiger partial charge in [-0.3, -0.25) is 0 Å². The average Bonchev–Trinajstić information content (AvgIpc) is 2.60. The molecule has 0 saturated carbocycles. The molecular formula is C19H23F2N3O2. The third-order valence-corrected chi connectivity index (χ3v) is 3.82. The molecule has 5 nitrogen and oxygen atoms in total. The molecule has 2 aromatic carbocycles. The summed E-state index contributed by atoms with van der Waals surface area (Å²) in [5.41, 5.74) is 0.934. The first kappa shape index (κ1) is 19.5. The highest BCUT2D eigenvalue weighted by atomic mass is 19.1. The number of hydrogen-bond donors (Lipinski definition) is 3. The summed E-state index contributed by atoms with van der Waals surface area (Å²) in [5, 5.41) is 16.1. The highest BCUT2D eigenvalue weighted by molar-refractivity contribution is 5.80. The standard InChI is InChI=1S/C19H23F2N3O2/c1-4-22-19(23-11-13-9-15(26-3)6-8-18(13)25)24-12(2)16-7-5-14(20)10-17(16)21/h5-10,12,25H,4,11H2,1-3H3,(H2,22,23,24). The Hall–Kier alpha value is -2.83. The van der Waals surface area contributed by atoms with Crippen molar-refractivity contribution in [2.45, 2.75) is 26.4 Å². The van der Waals surface area contributed by atoms with Gasteiger partial charge in [0.1, 0.15) is 23.1 Å². The molecule has 0 fully saturated rings. The van der Waals surface area contributed by atoms with Crippen LogP contribution in [0.4, 0.5) is 8.78 Å². The molecule has 0 heterocycles. The number of benzene rings is 2. The second-order valence-electron chi connectivity index (χ2n) is 5.72. The normalized spacial score (nSPS) is 12.6. The maximum Gasteiger partial charge on any atom is 0.192 e. The van der Waals surface area contributed by atoms with Crippen LogP contribution in [0, 0.1) is 11.6 Å². The smallest absolute Gasteiger partial charge is 0.192 e. The van der Waals surface area contributed by atoms with Crippen LogP contribution in [0.1, 0.15) is 31.0 Å². The summed E-state index contributed by atoms with van der Waals surface area (Å²) in [6, 6.07) is 7.95. The third-order valence-electron chi connectivity index (χ3n) is 3.82. The fourth-order valence-electron chi connectivity index (χ4n) is 2.44. The van der Waals surface area contributed by atoms with Gasteiger partial charge in [-0.15, -0.1) is 0 Å². The summed E-state index contributed by atoms with van der Waals surface area (Å²) >= 11 is 0. The topological polar surface area (TPSA) is 65.9 Å². The summed E-state index contributed by atoms with van der Waals surface area (Å²) in [7, 11) is 1.55. The third kappa shape index (κ3) is 5.08. The summed E-state index contributed by atoms with van der Waals surface area (Å²) < 4.78 is 32.2. The molecule has 140 valence electrons. The lowest BCUT2D eigenvalue weighted by atomic mass is 10.1. The van der Waals surface area contributed by atoms with Gasteiger partial charge in [-0.25, -0.2) is 13.8 Å². The van der Waals surface area contributed by atoms with E-state index in [1.807, 2.05) is 6.92 Å². The number of halogens is 2. The number of rotatable bonds is 6. The van der Waals surface area contributed by atoms with E-state index in [-0.39, 0.29) is 12.3 Å². The molecule has 0 aliphatic carbocycles. The van der Waals surface area contributed by atoms with Gasteiger partial charge in [-0.05, 0) is 38.1 Å². The van der Waals surface area contributed by atoms with Crippen molar-refractivity contribution in [3.05, 3.63) is 59.2 Å². The van der Waals surface area contributed by atoms with Crippen molar-refractivity contribution in [2.75, 3.05) is 13.7 Å². The van der Waals surface area contributed by atoms with Crippen molar-refractivity contribution in [2.24, 2.45) is 4.99 Å². The van der Waals surface area contributed by atoms with Crippen LogP contribution >= 0.6 is 0 Å². The Labute approximate surface area is 151 Å². The van der Waals surface area contributed by atoms with Crippen LogP contribution in [-0.2, 0) is 6.54 Å². The van der Waals surface area contributed by atoms with Gasteiger partial charge in [0.15, 0.2) is 5.96 Å². The Kier molecular flexibility index (Phi) is 6.77. The van der Waals surface area contributed by atoms with Crippen molar-refractivity contribution in [1.82, 2.24) is 10.6 Å². The number of phenols is 1. The highest BCUT2D eigenvalue weighted by Crippen LogP contribution is 2.23. The van der Waals surface area contributed by atoms with Gasteiger partial charge in [-0.1, -0.05) is 6.07 Å². The molecule has 0 aliphatic heterocycles. The summed E-state index contributed by atoms with van der Waals surface area (Å²) in [4.78, 5) is 4.42. The van der Waals surface area contributed by atoms with Gasteiger partial charge >= 0.3 is 0 Å². The molecule has 7 heteroatoms. The van der Waals surface area contributed by atoms with Crippen LogP contribution in [0.3, 0.4) is 0 Å². The Morgan fingerprint density at radius 3 is 2.65 bits per heavy atom. The molecule has 0 saturated heterocycles. The predicted molar refractivity (Wildman–Crippen MR) is 97.4 cm³/mol. The summed E-state index contributed by atoms with van der Waals surface area (Å²) in [5.74, 6) is -0.0551. The molecular weight excluding hydrogens is 340 g/mol. The number of aromatic hydroxyl groups is 1. The van der Waals surface area contributed by atoms with Gasteiger partial charge in [0.05, 0.1) is 19.7 Å². The first-order valence-electron chi connectivity index (χ1n) is 8.30. The first-order valence-corrected chi connectivity index (χ1v) is 8.30. The minimum Gasteiger partial charge on any atom is -0.508 e. The lowest BCUT2D eigenvalue weighted by Gasteiger charge is -2.19. The summed E-state index contributed by atoms with van der Waals surface area (Å²) in [6.07, 6.45) is 0. The Bertz CT molecular complexity index is 781. The molecule has 1 atom stereocenters. The van der Waals surface area contributed by atoms with E-state index in [0.29, 0.717) is 29.4 Å². The van der Waals surface area contributed by atoms with Crippen LogP contribution in [0.5, 0.6) is 11.5 Å². The average molecular weight is 363 g/mol. The molecule has 2 rings (SSSR count). The van der Waals surface area contributed by atoms with Crippen LogP contribution in [0.25, 0.3) is 0 Å². The van der Waals surface area contributed by atoms with E-state index >= 15 is 0 Å². The van der Waals surface area contributed by atoms with Crippen molar-refractivity contribution in [3.63, 3.8) is 0 Å². The van der Waals surface area contributed by atoms with E-state index in [4.69, 9.17) is 4.74 Å². The molecule has 2 aromatic rings. The quantitative estimate of drug-likeness (QED) is 0.543. The molecule has 26 heavy (non-hydrogen) atoms. The maximum atomic E-state index is 13.9. The number of ether oxygens (including phenoxy) is 1. The monoisotopic (exact) mass is 363 g/mol. The zero-order valence-corrected chi connectivity index (χ0v) is 15.0. The molecule has 0 bridgehead atoms. The van der Waals surface area contributed by atoms with Crippen LogP contribution in [-0.4, -0.2) is 24.7 Å². The fourth-order valence-corrected chi connectivity index (χ4v) is 2.44. The van der Waals surface area contributed by atoms with Crippen LogP contribution in [0.2, 0.25) is 0 Å². The Morgan fingerprint density at radius 1 is 1.23 bits per heavy atom. The Morgan fingerprint density at radius 2 is 2.00 bits per heavy atom. The number of methoxy groups -OCH3 is 1. The van der Waals surface area contributed by atoms with Gasteiger partial charge in [-0.2, -0.15) is 0 Å². The number of aliphatic imine (C=N–C) groups is 1. The van der Waals surface area contributed by atoms with Crippen molar-refractivity contribution >= 4 is 5.96 Å². The SMILES string of the molecule is CCNC(=NCc1cc(OC)ccc1O)NC(C)c1ccc(F)cc1F. The molecule has 0 radical (unpaired) electrons. The van der Waals surface area contributed by atoms with E-state index in [1.165, 1.54) is 12.1 Å². The number of guanidine groups is 1. The predicted octanol–water partition coefficient (Wildman–Crippen LogP) is 3.50. The van der Waals surface area contributed by atoms with Gasteiger partial charge in [0.25, 0.3) is 0 Å². The molecule has 0 aromatic heterocycles. The second kappa shape index (κ2) is 9.03. The summed E-state index contributed by atoms with van der Waals surface area (Å²) in [6.45, 7) is 4.47. The fraction of sp³-hybridized carbons (Fsp3) is 0.316.